The van der Waals surface area contributed by atoms with E-state index in [2.05, 4.69) is 18.9 Å². The highest BCUT2D eigenvalue weighted by atomic mass is 35.5. The van der Waals surface area contributed by atoms with Gasteiger partial charge in [-0.2, -0.15) is 5.10 Å². The molecule has 0 fully saturated rings. The molecular formula is C15H18ClN3O2. The Kier molecular flexibility index (Phi) is 4.96. The third kappa shape index (κ3) is 3.24. The molecule has 0 spiro atoms. The minimum atomic E-state index is -0.380. The first-order chi connectivity index (χ1) is 10.1. The van der Waals surface area contributed by atoms with Gasteiger partial charge in [0, 0.05) is 23.4 Å². The molecule has 2 aromatic rings. The first-order valence-corrected chi connectivity index (χ1v) is 7.50. The number of rotatable bonds is 6. The van der Waals surface area contributed by atoms with Gasteiger partial charge in [-0.05, 0) is 18.4 Å². The minimum Gasteiger partial charge on any atom is -0.265 e. The molecule has 0 atom stereocenters. The SMILES string of the molecule is CCc1nn(Cc2cccc([N+](=O)[O-])c2)c(CC)c1CCl. The molecule has 1 aromatic heterocycles. The van der Waals surface area contributed by atoms with E-state index in [1.54, 1.807) is 12.1 Å². The van der Waals surface area contributed by atoms with Crippen molar-refractivity contribution in [1.29, 1.82) is 0 Å². The summed E-state index contributed by atoms with van der Waals surface area (Å²) < 4.78 is 1.91. The molecule has 0 saturated carbocycles. The van der Waals surface area contributed by atoms with Crippen LogP contribution in [0.15, 0.2) is 24.3 Å². The van der Waals surface area contributed by atoms with E-state index < -0.39 is 0 Å². The number of halogens is 1. The van der Waals surface area contributed by atoms with Crippen molar-refractivity contribution >= 4 is 17.3 Å². The number of aromatic nitrogens is 2. The molecule has 0 N–H and O–H groups in total. The molecule has 0 aliphatic rings. The maximum atomic E-state index is 10.8. The van der Waals surface area contributed by atoms with Crippen molar-refractivity contribution in [3.8, 4) is 0 Å². The summed E-state index contributed by atoms with van der Waals surface area (Å²) in [7, 11) is 0. The molecule has 0 unspecified atom stereocenters. The molecule has 0 radical (unpaired) electrons. The molecule has 0 aliphatic carbocycles. The first kappa shape index (κ1) is 15.5. The Morgan fingerprint density at radius 3 is 2.67 bits per heavy atom. The number of aryl methyl sites for hydroxylation is 1. The van der Waals surface area contributed by atoms with Crippen molar-refractivity contribution in [3.63, 3.8) is 0 Å². The van der Waals surface area contributed by atoms with Gasteiger partial charge >= 0.3 is 0 Å². The molecule has 0 saturated heterocycles. The van der Waals surface area contributed by atoms with Crippen molar-refractivity contribution < 1.29 is 4.92 Å². The highest BCUT2D eigenvalue weighted by Gasteiger charge is 2.15. The second-order valence-corrected chi connectivity index (χ2v) is 5.06. The highest BCUT2D eigenvalue weighted by Crippen LogP contribution is 2.21. The van der Waals surface area contributed by atoms with Gasteiger partial charge in [0.1, 0.15) is 0 Å². The Balaban J connectivity index is 2.37. The normalized spacial score (nSPS) is 10.8. The average molecular weight is 308 g/mol. The molecule has 0 bridgehead atoms. The van der Waals surface area contributed by atoms with Crippen LogP contribution >= 0.6 is 11.6 Å². The fraction of sp³-hybridized carbons (Fsp3) is 0.400. The van der Waals surface area contributed by atoms with E-state index in [0.29, 0.717) is 12.4 Å². The van der Waals surface area contributed by atoms with E-state index in [1.807, 2.05) is 10.7 Å². The van der Waals surface area contributed by atoms with Gasteiger partial charge < -0.3 is 0 Å². The Hall–Kier alpha value is -1.88. The Morgan fingerprint density at radius 2 is 2.10 bits per heavy atom. The minimum absolute atomic E-state index is 0.103. The summed E-state index contributed by atoms with van der Waals surface area (Å²) in [5.41, 5.74) is 4.17. The van der Waals surface area contributed by atoms with E-state index in [4.69, 9.17) is 11.6 Å². The van der Waals surface area contributed by atoms with Crippen molar-refractivity contribution in [2.75, 3.05) is 0 Å². The van der Waals surface area contributed by atoms with Crippen LogP contribution in [-0.2, 0) is 25.3 Å². The summed E-state index contributed by atoms with van der Waals surface area (Å²) in [5.74, 6) is 0.446. The Labute approximate surface area is 128 Å². The van der Waals surface area contributed by atoms with Gasteiger partial charge in [-0.25, -0.2) is 0 Å². The molecule has 112 valence electrons. The van der Waals surface area contributed by atoms with Gasteiger partial charge in [0.2, 0.25) is 0 Å². The number of benzene rings is 1. The summed E-state index contributed by atoms with van der Waals surface area (Å²) in [6.45, 7) is 4.64. The molecule has 5 nitrogen and oxygen atoms in total. The number of nitrogens with zero attached hydrogens (tertiary/aromatic N) is 3. The lowest BCUT2D eigenvalue weighted by Crippen LogP contribution is -2.07. The Bertz CT molecular complexity index is 652. The smallest absolute Gasteiger partial charge is 0.265 e. The maximum Gasteiger partial charge on any atom is 0.269 e. The van der Waals surface area contributed by atoms with Crippen LogP contribution in [0, 0.1) is 10.1 Å². The van der Waals surface area contributed by atoms with Gasteiger partial charge in [-0.3, -0.25) is 14.8 Å². The summed E-state index contributed by atoms with van der Waals surface area (Å²) in [6, 6.07) is 6.66. The molecule has 0 aliphatic heterocycles. The maximum absolute atomic E-state index is 10.8. The van der Waals surface area contributed by atoms with Crippen LogP contribution in [0.2, 0.25) is 0 Å². The fourth-order valence-corrected chi connectivity index (χ4v) is 2.80. The third-order valence-electron chi connectivity index (χ3n) is 3.51. The van der Waals surface area contributed by atoms with Crippen LogP contribution in [0.5, 0.6) is 0 Å². The van der Waals surface area contributed by atoms with E-state index in [0.717, 1.165) is 35.4 Å². The van der Waals surface area contributed by atoms with Crippen molar-refractivity contribution in [2.45, 2.75) is 39.1 Å². The lowest BCUT2D eigenvalue weighted by atomic mass is 10.1. The summed E-state index contributed by atoms with van der Waals surface area (Å²) >= 11 is 6.04. The highest BCUT2D eigenvalue weighted by molar-refractivity contribution is 6.17. The average Bonchev–Trinajstić information content (AvgIpc) is 2.83. The summed E-state index contributed by atoms with van der Waals surface area (Å²) in [5, 5.41) is 15.4. The standard InChI is InChI=1S/C15H18ClN3O2/c1-3-14-13(9-16)15(4-2)18(17-14)10-11-6-5-7-12(8-11)19(20)21/h5-8H,3-4,9-10H2,1-2H3. The molecule has 1 heterocycles. The molecule has 21 heavy (non-hydrogen) atoms. The lowest BCUT2D eigenvalue weighted by molar-refractivity contribution is -0.384. The zero-order valence-electron chi connectivity index (χ0n) is 12.2. The van der Waals surface area contributed by atoms with E-state index in [9.17, 15) is 10.1 Å². The van der Waals surface area contributed by atoms with Gasteiger partial charge in [0.05, 0.1) is 23.0 Å². The first-order valence-electron chi connectivity index (χ1n) is 6.97. The number of non-ortho nitro benzene ring substituents is 1. The zero-order chi connectivity index (χ0) is 15.4. The molecular weight excluding hydrogens is 290 g/mol. The monoisotopic (exact) mass is 307 g/mol. The topological polar surface area (TPSA) is 61.0 Å². The largest absolute Gasteiger partial charge is 0.269 e. The number of hydrogen-bond acceptors (Lipinski definition) is 3. The van der Waals surface area contributed by atoms with Crippen LogP contribution in [0.1, 0.15) is 36.4 Å². The van der Waals surface area contributed by atoms with Crippen LogP contribution in [0.3, 0.4) is 0 Å². The lowest BCUT2D eigenvalue weighted by Gasteiger charge is -2.07. The number of nitro benzene ring substituents is 1. The van der Waals surface area contributed by atoms with Gasteiger partial charge in [-0.1, -0.05) is 26.0 Å². The predicted molar refractivity (Wildman–Crippen MR) is 82.7 cm³/mol. The van der Waals surface area contributed by atoms with Crippen molar-refractivity contribution in [3.05, 3.63) is 56.9 Å². The molecule has 0 amide bonds. The van der Waals surface area contributed by atoms with Crippen LogP contribution in [0.25, 0.3) is 0 Å². The fourth-order valence-electron chi connectivity index (χ4n) is 2.50. The van der Waals surface area contributed by atoms with Gasteiger partial charge in [0.15, 0.2) is 0 Å². The van der Waals surface area contributed by atoms with Crippen molar-refractivity contribution in [1.82, 2.24) is 9.78 Å². The number of alkyl halides is 1. The predicted octanol–water partition coefficient (Wildman–Crippen LogP) is 3.70. The quantitative estimate of drug-likeness (QED) is 0.464. The van der Waals surface area contributed by atoms with Crippen LogP contribution in [0.4, 0.5) is 5.69 Å². The second kappa shape index (κ2) is 6.72. The van der Waals surface area contributed by atoms with E-state index >= 15 is 0 Å². The van der Waals surface area contributed by atoms with Crippen LogP contribution < -0.4 is 0 Å². The zero-order valence-corrected chi connectivity index (χ0v) is 12.9. The third-order valence-corrected chi connectivity index (χ3v) is 3.77. The number of hydrogen-bond donors (Lipinski definition) is 0. The number of nitro groups is 1. The van der Waals surface area contributed by atoms with Gasteiger partial charge in [-0.15, -0.1) is 11.6 Å². The Morgan fingerprint density at radius 1 is 1.33 bits per heavy atom. The van der Waals surface area contributed by atoms with Crippen molar-refractivity contribution in [2.24, 2.45) is 0 Å². The van der Waals surface area contributed by atoms with Gasteiger partial charge in [0.25, 0.3) is 5.69 Å². The van der Waals surface area contributed by atoms with E-state index in [-0.39, 0.29) is 10.6 Å². The van der Waals surface area contributed by atoms with E-state index in [1.165, 1.54) is 6.07 Å². The van der Waals surface area contributed by atoms with Crippen LogP contribution in [-0.4, -0.2) is 14.7 Å². The summed E-state index contributed by atoms with van der Waals surface area (Å²) in [6.07, 6.45) is 1.67. The summed E-state index contributed by atoms with van der Waals surface area (Å²) in [4.78, 5) is 10.5. The second-order valence-electron chi connectivity index (χ2n) is 4.80. The molecule has 2 rings (SSSR count). The molecule has 1 aromatic carbocycles. The molecule has 6 heteroatoms.